The summed E-state index contributed by atoms with van der Waals surface area (Å²) in [6.07, 6.45) is 0. The van der Waals surface area contributed by atoms with Crippen molar-refractivity contribution < 1.29 is 8.78 Å². The summed E-state index contributed by atoms with van der Waals surface area (Å²) in [6, 6.07) is 11.6. The quantitative estimate of drug-likeness (QED) is 0.632. The van der Waals surface area contributed by atoms with Crippen LogP contribution in [0.25, 0.3) is 0 Å². The smallest absolute Gasteiger partial charge is 0.128 e. The molecule has 4 heteroatoms. The van der Waals surface area contributed by atoms with E-state index in [2.05, 4.69) is 5.43 Å². The first-order valence-electron chi connectivity index (χ1n) is 5.19. The summed E-state index contributed by atoms with van der Waals surface area (Å²) in [5.74, 6) is 4.56. The molecule has 0 fully saturated rings. The van der Waals surface area contributed by atoms with E-state index in [1.165, 1.54) is 12.1 Å². The molecule has 0 saturated carbocycles. The molecule has 0 aliphatic carbocycles. The molecule has 0 heterocycles. The van der Waals surface area contributed by atoms with E-state index in [0.29, 0.717) is 11.1 Å². The SMILES string of the molecule is NNC(c1ccccc1F)c1ccccc1F. The Labute approximate surface area is 98.0 Å². The van der Waals surface area contributed by atoms with Crippen molar-refractivity contribution in [3.05, 3.63) is 71.3 Å². The van der Waals surface area contributed by atoms with Crippen LogP contribution >= 0.6 is 0 Å². The molecule has 0 spiro atoms. The highest BCUT2D eigenvalue weighted by Gasteiger charge is 2.18. The van der Waals surface area contributed by atoms with Crippen molar-refractivity contribution in [2.75, 3.05) is 0 Å². The van der Waals surface area contributed by atoms with Crippen molar-refractivity contribution in [2.24, 2.45) is 5.84 Å². The number of rotatable bonds is 3. The van der Waals surface area contributed by atoms with Gasteiger partial charge in [0.05, 0.1) is 6.04 Å². The Kier molecular flexibility index (Phi) is 3.46. The Balaban J connectivity index is 2.48. The minimum Gasteiger partial charge on any atom is -0.271 e. The molecule has 0 radical (unpaired) electrons. The Morgan fingerprint density at radius 3 is 1.59 bits per heavy atom. The van der Waals surface area contributed by atoms with Crippen LogP contribution in [-0.4, -0.2) is 0 Å². The second kappa shape index (κ2) is 5.03. The molecule has 0 bridgehead atoms. The molecule has 0 unspecified atom stereocenters. The van der Waals surface area contributed by atoms with Crippen LogP contribution in [0.4, 0.5) is 8.78 Å². The Bertz CT molecular complexity index is 469. The molecule has 0 amide bonds. The Morgan fingerprint density at radius 1 is 0.824 bits per heavy atom. The fourth-order valence-corrected chi connectivity index (χ4v) is 1.77. The van der Waals surface area contributed by atoms with E-state index in [1.807, 2.05) is 0 Å². The molecule has 2 rings (SSSR count). The first kappa shape index (κ1) is 11.7. The standard InChI is InChI=1S/C13H12F2N2/c14-11-7-3-1-5-9(11)13(17-16)10-6-2-4-8-12(10)15/h1-8,13,17H,16H2. The van der Waals surface area contributed by atoms with Gasteiger partial charge >= 0.3 is 0 Å². The molecule has 2 aromatic carbocycles. The van der Waals surface area contributed by atoms with Crippen LogP contribution in [0, 0.1) is 11.6 Å². The Morgan fingerprint density at radius 2 is 1.24 bits per heavy atom. The maximum absolute atomic E-state index is 13.6. The van der Waals surface area contributed by atoms with Crippen molar-refractivity contribution in [1.29, 1.82) is 0 Å². The molecule has 0 saturated heterocycles. The minimum atomic E-state index is -0.697. The van der Waals surface area contributed by atoms with Gasteiger partial charge in [-0.15, -0.1) is 0 Å². The molecule has 0 aromatic heterocycles. The van der Waals surface area contributed by atoms with Crippen molar-refractivity contribution >= 4 is 0 Å². The fourth-order valence-electron chi connectivity index (χ4n) is 1.77. The van der Waals surface area contributed by atoms with E-state index in [9.17, 15) is 8.78 Å². The highest BCUT2D eigenvalue weighted by atomic mass is 19.1. The highest BCUT2D eigenvalue weighted by molar-refractivity contribution is 5.33. The van der Waals surface area contributed by atoms with E-state index in [4.69, 9.17) is 5.84 Å². The summed E-state index contributed by atoms with van der Waals surface area (Å²) < 4.78 is 27.3. The van der Waals surface area contributed by atoms with Crippen LogP contribution in [0.1, 0.15) is 17.2 Å². The summed E-state index contributed by atoms with van der Waals surface area (Å²) in [5.41, 5.74) is 3.08. The van der Waals surface area contributed by atoms with Crippen molar-refractivity contribution in [2.45, 2.75) is 6.04 Å². The van der Waals surface area contributed by atoms with Gasteiger partial charge in [-0.2, -0.15) is 0 Å². The van der Waals surface area contributed by atoms with Crippen LogP contribution in [0.3, 0.4) is 0 Å². The van der Waals surface area contributed by atoms with Gasteiger partial charge in [0, 0.05) is 11.1 Å². The molecule has 0 aliphatic rings. The summed E-state index contributed by atoms with van der Waals surface area (Å²) in [5, 5.41) is 0. The average Bonchev–Trinajstić information content (AvgIpc) is 2.34. The van der Waals surface area contributed by atoms with E-state index < -0.39 is 17.7 Å². The van der Waals surface area contributed by atoms with Gasteiger partial charge in [0.1, 0.15) is 11.6 Å². The molecule has 2 nitrogen and oxygen atoms in total. The maximum Gasteiger partial charge on any atom is 0.128 e. The van der Waals surface area contributed by atoms with Gasteiger partial charge in [-0.1, -0.05) is 36.4 Å². The highest BCUT2D eigenvalue weighted by Crippen LogP contribution is 2.25. The molecular formula is C13H12F2N2. The van der Waals surface area contributed by atoms with Crippen LogP contribution < -0.4 is 11.3 Å². The predicted octanol–water partition coefficient (Wildman–Crippen LogP) is 2.52. The summed E-state index contributed by atoms with van der Waals surface area (Å²) in [6.45, 7) is 0. The second-order valence-electron chi connectivity index (χ2n) is 3.64. The molecule has 3 N–H and O–H groups in total. The van der Waals surface area contributed by atoms with Gasteiger partial charge < -0.3 is 0 Å². The molecule has 88 valence electrons. The number of hydrogen-bond donors (Lipinski definition) is 2. The molecule has 2 aromatic rings. The van der Waals surface area contributed by atoms with E-state index >= 15 is 0 Å². The zero-order chi connectivity index (χ0) is 12.3. The number of nitrogens with one attached hydrogen (secondary N) is 1. The summed E-state index contributed by atoms with van der Waals surface area (Å²) >= 11 is 0. The average molecular weight is 234 g/mol. The predicted molar refractivity (Wildman–Crippen MR) is 62.0 cm³/mol. The van der Waals surface area contributed by atoms with Gasteiger partial charge in [-0.3, -0.25) is 5.84 Å². The topological polar surface area (TPSA) is 38.0 Å². The van der Waals surface area contributed by atoms with E-state index in [0.717, 1.165) is 0 Å². The summed E-state index contributed by atoms with van der Waals surface area (Å²) in [7, 11) is 0. The zero-order valence-corrected chi connectivity index (χ0v) is 9.03. The third-order valence-corrected chi connectivity index (χ3v) is 2.60. The number of hydrogen-bond acceptors (Lipinski definition) is 2. The van der Waals surface area contributed by atoms with Crippen LogP contribution in [0.2, 0.25) is 0 Å². The van der Waals surface area contributed by atoms with Gasteiger partial charge in [0.2, 0.25) is 0 Å². The minimum absolute atomic E-state index is 0.320. The maximum atomic E-state index is 13.6. The number of nitrogens with two attached hydrogens (primary N) is 1. The monoisotopic (exact) mass is 234 g/mol. The molecular weight excluding hydrogens is 222 g/mol. The lowest BCUT2D eigenvalue weighted by Gasteiger charge is -2.18. The van der Waals surface area contributed by atoms with Crippen molar-refractivity contribution in [3.8, 4) is 0 Å². The Hall–Kier alpha value is -1.78. The normalized spacial score (nSPS) is 10.8. The zero-order valence-electron chi connectivity index (χ0n) is 9.03. The van der Waals surface area contributed by atoms with Gasteiger partial charge in [0.15, 0.2) is 0 Å². The largest absolute Gasteiger partial charge is 0.271 e. The lowest BCUT2D eigenvalue weighted by atomic mass is 9.98. The first-order valence-corrected chi connectivity index (χ1v) is 5.19. The molecule has 0 atom stereocenters. The summed E-state index contributed by atoms with van der Waals surface area (Å²) in [4.78, 5) is 0. The van der Waals surface area contributed by atoms with E-state index in [-0.39, 0.29) is 0 Å². The van der Waals surface area contributed by atoms with Crippen LogP contribution in [-0.2, 0) is 0 Å². The van der Waals surface area contributed by atoms with Gasteiger partial charge in [-0.25, -0.2) is 14.2 Å². The lowest BCUT2D eigenvalue weighted by Crippen LogP contribution is -2.30. The lowest BCUT2D eigenvalue weighted by molar-refractivity contribution is 0.531. The first-order chi connectivity index (χ1) is 8.24. The van der Waals surface area contributed by atoms with Crippen LogP contribution in [0.5, 0.6) is 0 Å². The fraction of sp³-hybridized carbons (Fsp3) is 0.0769. The van der Waals surface area contributed by atoms with Crippen molar-refractivity contribution in [3.63, 3.8) is 0 Å². The van der Waals surface area contributed by atoms with Crippen molar-refractivity contribution in [1.82, 2.24) is 5.43 Å². The van der Waals surface area contributed by atoms with E-state index in [1.54, 1.807) is 36.4 Å². The molecule has 17 heavy (non-hydrogen) atoms. The number of halogens is 2. The number of benzene rings is 2. The van der Waals surface area contributed by atoms with Crippen LogP contribution in [0.15, 0.2) is 48.5 Å². The van der Waals surface area contributed by atoms with Gasteiger partial charge in [0.25, 0.3) is 0 Å². The van der Waals surface area contributed by atoms with Gasteiger partial charge in [-0.05, 0) is 12.1 Å². The third-order valence-electron chi connectivity index (χ3n) is 2.60. The second-order valence-corrected chi connectivity index (χ2v) is 3.64. The third kappa shape index (κ3) is 2.33. The number of hydrazine groups is 1. The molecule has 0 aliphatic heterocycles.